The summed E-state index contributed by atoms with van der Waals surface area (Å²) in [7, 11) is 0. The zero-order valence-corrected chi connectivity index (χ0v) is 16.9. The smallest absolute Gasteiger partial charge is 0.247 e. The number of nitrogens with one attached hydrogen (secondary N) is 2. The van der Waals surface area contributed by atoms with Gasteiger partial charge >= 0.3 is 0 Å². The van der Waals surface area contributed by atoms with Gasteiger partial charge in [-0.3, -0.25) is 9.59 Å². The van der Waals surface area contributed by atoms with Crippen molar-refractivity contribution < 1.29 is 14.3 Å². The van der Waals surface area contributed by atoms with E-state index in [0.717, 1.165) is 12.0 Å². The van der Waals surface area contributed by atoms with Crippen LogP contribution in [0.4, 0.5) is 0 Å². The lowest BCUT2D eigenvalue weighted by Crippen LogP contribution is -2.42. The molecule has 3 atom stereocenters. The van der Waals surface area contributed by atoms with E-state index in [1.165, 1.54) is 19.3 Å². The van der Waals surface area contributed by atoms with E-state index in [2.05, 4.69) is 17.6 Å². The van der Waals surface area contributed by atoms with Gasteiger partial charge in [-0.25, -0.2) is 0 Å². The van der Waals surface area contributed by atoms with E-state index in [-0.39, 0.29) is 17.7 Å². The van der Waals surface area contributed by atoms with Crippen molar-refractivity contribution in [2.45, 2.75) is 65.0 Å². The van der Waals surface area contributed by atoms with Crippen molar-refractivity contribution in [3.63, 3.8) is 0 Å². The van der Waals surface area contributed by atoms with Crippen molar-refractivity contribution in [3.05, 3.63) is 35.9 Å². The Kier molecular flexibility index (Phi) is 8.79. The van der Waals surface area contributed by atoms with Crippen molar-refractivity contribution in [2.24, 2.45) is 11.8 Å². The third-order valence-electron chi connectivity index (χ3n) is 5.06. The predicted molar refractivity (Wildman–Crippen MR) is 107 cm³/mol. The van der Waals surface area contributed by atoms with Crippen LogP contribution in [0, 0.1) is 11.8 Å². The van der Waals surface area contributed by atoms with E-state index in [9.17, 15) is 9.59 Å². The summed E-state index contributed by atoms with van der Waals surface area (Å²) in [4.78, 5) is 24.9. The molecule has 1 aliphatic rings. The van der Waals surface area contributed by atoms with Gasteiger partial charge < -0.3 is 15.4 Å². The van der Waals surface area contributed by atoms with Gasteiger partial charge in [0, 0.05) is 13.0 Å². The van der Waals surface area contributed by atoms with Crippen LogP contribution in [0.25, 0.3) is 0 Å². The number of rotatable bonds is 9. The second-order valence-corrected chi connectivity index (χ2v) is 7.97. The van der Waals surface area contributed by atoms with Gasteiger partial charge in [0.05, 0.1) is 12.7 Å². The number of carbonyl (C=O) groups is 2. The molecule has 2 N–H and O–H groups in total. The minimum atomic E-state index is -0.675. The zero-order chi connectivity index (χ0) is 19.6. The van der Waals surface area contributed by atoms with Crippen LogP contribution in [0.15, 0.2) is 30.3 Å². The second kappa shape index (κ2) is 11.1. The molecule has 0 radical (unpaired) electrons. The van der Waals surface area contributed by atoms with Crippen LogP contribution in [0.2, 0.25) is 0 Å². The molecule has 0 bridgehead atoms. The van der Waals surface area contributed by atoms with Gasteiger partial charge in [-0.2, -0.15) is 0 Å². The van der Waals surface area contributed by atoms with Gasteiger partial charge in [-0.1, -0.05) is 63.9 Å². The third kappa shape index (κ3) is 7.33. The quantitative estimate of drug-likeness (QED) is 0.649. The van der Waals surface area contributed by atoms with Crippen LogP contribution in [-0.4, -0.2) is 31.1 Å². The first-order chi connectivity index (χ1) is 13.0. The van der Waals surface area contributed by atoms with Gasteiger partial charge in [0.25, 0.3) is 0 Å². The Morgan fingerprint density at radius 1 is 1.15 bits per heavy atom. The topological polar surface area (TPSA) is 67.4 Å². The summed E-state index contributed by atoms with van der Waals surface area (Å²) in [5.41, 5.74) is 0.786. The standard InChI is InChI=1S/C22H34N2O3/c1-16(2)15-20(25)24-21(18-10-5-4-6-11-18)22(26)23-13-14-27-19-12-8-7-9-17(19)3/h4-6,10-11,16-17,19,21H,7-9,12-15H2,1-3H3,(H,23,26)(H,24,25). The monoisotopic (exact) mass is 374 g/mol. The lowest BCUT2D eigenvalue weighted by molar-refractivity contribution is -0.129. The molecule has 1 aromatic rings. The summed E-state index contributed by atoms with van der Waals surface area (Å²) >= 11 is 0. The van der Waals surface area contributed by atoms with Gasteiger partial charge in [-0.05, 0) is 30.2 Å². The average molecular weight is 375 g/mol. The summed E-state index contributed by atoms with van der Waals surface area (Å²) in [6.45, 7) is 7.16. The molecule has 27 heavy (non-hydrogen) atoms. The number of benzene rings is 1. The summed E-state index contributed by atoms with van der Waals surface area (Å²) in [6, 6.07) is 8.69. The second-order valence-electron chi connectivity index (χ2n) is 7.97. The number of amides is 2. The molecular formula is C22H34N2O3. The van der Waals surface area contributed by atoms with E-state index in [1.54, 1.807) is 0 Å². The molecular weight excluding hydrogens is 340 g/mol. The average Bonchev–Trinajstić information content (AvgIpc) is 2.64. The fourth-order valence-electron chi connectivity index (χ4n) is 3.55. The van der Waals surface area contributed by atoms with Crippen molar-refractivity contribution in [3.8, 4) is 0 Å². The minimum Gasteiger partial charge on any atom is -0.376 e. The lowest BCUT2D eigenvalue weighted by atomic mass is 9.88. The van der Waals surface area contributed by atoms with Gasteiger partial charge in [0.15, 0.2) is 0 Å². The number of hydrogen-bond acceptors (Lipinski definition) is 3. The Hall–Kier alpha value is -1.88. The van der Waals surface area contributed by atoms with E-state index in [1.807, 2.05) is 44.2 Å². The number of carbonyl (C=O) groups excluding carboxylic acids is 2. The van der Waals surface area contributed by atoms with Gasteiger partial charge in [0.1, 0.15) is 6.04 Å². The Labute approximate surface area is 163 Å². The summed E-state index contributed by atoms with van der Waals surface area (Å²) in [5.74, 6) is 0.525. The van der Waals surface area contributed by atoms with E-state index in [0.29, 0.717) is 31.6 Å². The maximum Gasteiger partial charge on any atom is 0.247 e. The minimum absolute atomic E-state index is 0.110. The Balaban J connectivity index is 1.86. The summed E-state index contributed by atoms with van der Waals surface area (Å²) in [5, 5.41) is 5.79. The molecule has 0 saturated heterocycles. The normalized spacial score (nSPS) is 20.9. The Bertz CT molecular complexity index is 588. The summed E-state index contributed by atoms with van der Waals surface area (Å²) < 4.78 is 5.96. The summed E-state index contributed by atoms with van der Waals surface area (Å²) in [6.07, 6.45) is 5.53. The maximum absolute atomic E-state index is 12.7. The fraction of sp³-hybridized carbons (Fsp3) is 0.636. The van der Waals surface area contributed by atoms with E-state index in [4.69, 9.17) is 4.74 Å². The zero-order valence-electron chi connectivity index (χ0n) is 16.9. The van der Waals surface area contributed by atoms with Crippen LogP contribution in [0.1, 0.15) is 64.5 Å². The maximum atomic E-state index is 12.7. The SMILES string of the molecule is CC(C)CC(=O)NC(C(=O)NCCOC1CCCCC1C)c1ccccc1. The van der Waals surface area contributed by atoms with Crippen LogP contribution in [0.3, 0.4) is 0 Å². The third-order valence-corrected chi connectivity index (χ3v) is 5.06. The molecule has 3 unspecified atom stereocenters. The van der Waals surface area contributed by atoms with Crippen LogP contribution in [-0.2, 0) is 14.3 Å². The highest BCUT2D eigenvalue weighted by molar-refractivity contribution is 5.88. The van der Waals surface area contributed by atoms with Crippen LogP contribution < -0.4 is 10.6 Å². The van der Waals surface area contributed by atoms with Crippen molar-refractivity contribution in [2.75, 3.05) is 13.2 Å². The largest absolute Gasteiger partial charge is 0.376 e. The number of ether oxygens (including phenoxy) is 1. The molecule has 1 saturated carbocycles. The first-order valence-electron chi connectivity index (χ1n) is 10.2. The Morgan fingerprint density at radius 3 is 2.52 bits per heavy atom. The van der Waals surface area contributed by atoms with Crippen molar-refractivity contribution in [1.82, 2.24) is 10.6 Å². The van der Waals surface area contributed by atoms with E-state index >= 15 is 0 Å². The molecule has 0 heterocycles. The fourth-order valence-corrected chi connectivity index (χ4v) is 3.55. The first-order valence-corrected chi connectivity index (χ1v) is 10.2. The highest BCUT2D eigenvalue weighted by atomic mass is 16.5. The molecule has 1 fully saturated rings. The molecule has 5 nitrogen and oxygen atoms in total. The first kappa shape index (κ1) is 21.4. The molecule has 0 aliphatic heterocycles. The van der Waals surface area contributed by atoms with Crippen LogP contribution in [0.5, 0.6) is 0 Å². The molecule has 0 spiro atoms. The molecule has 0 aromatic heterocycles. The van der Waals surface area contributed by atoms with Gasteiger partial charge in [-0.15, -0.1) is 0 Å². The molecule has 2 rings (SSSR count). The molecule has 2 amide bonds. The van der Waals surface area contributed by atoms with Gasteiger partial charge in [0.2, 0.25) is 11.8 Å². The lowest BCUT2D eigenvalue weighted by Gasteiger charge is -2.28. The molecule has 1 aromatic carbocycles. The molecule has 5 heteroatoms. The van der Waals surface area contributed by atoms with Crippen molar-refractivity contribution in [1.29, 1.82) is 0 Å². The highest BCUT2D eigenvalue weighted by Gasteiger charge is 2.24. The predicted octanol–water partition coefficient (Wildman–Crippen LogP) is 3.60. The Morgan fingerprint density at radius 2 is 1.85 bits per heavy atom. The molecule has 1 aliphatic carbocycles. The van der Waals surface area contributed by atoms with E-state index < -0.39 is 6.04 Å². The van der Waals surface area contributed by atoms with Crippen molar-refractivity contribution >= 4 is 11.8 Å². The van der Waals surface area contributed by atoms with Crippen LogP contribution >= 0.6 is 0 Å². The molecule has 150 valence electrons. The number of hydrogen-bond donors (Lipinski definition) is 2. The highest BCUT2D eigenvalue weighted by Crippen LogP contribution is 2.26.